The highest BCUT2D eigenvalue weighted by molar-refractivity contribution is 5.70. The van der Waals surface area contributed by atoms with Crippen molar-refractivity contribution in [2.45, 2.75) is 31.9 Å². The lowest BCUT2D eigenvalue weighted by Crippen LogP contribution is -2.13. The van der Waals surface area contributed by atoms with Crippen LogP contribution in [0.1, 0.15) is 19.3 Å². The van der Waals surface area contributed by atoms with E-state index in [-0.39, 0.29) is 23.6 Å². The number of aromatic nitrogens is 4. The fourth-order valence-electron chi connectivity index (χ4n) is 1.89. The van der Waals surface area contributed by atoms with E-state index in [2.05, 4.69) is 15.0 Å². The smallest absolute Gasteiger partial charge is 0.280 e. The molecule has 8 nitrogen and oxygen atoms in total. The lowest BCUT2D eigenvalue weighted by atomic mass is 10.1. The van der Waals surface area contributed by atoms with Crippen molar-refractivity contribution in [3.05, 3.63) is 16.7 Å². The van der Waals surface area contributed by atoms with Gasteiger partial charge in [-0.25, -0.2) is 4.98 Å². The second kappa shape index (κ2) is 5.81. The van der Waals surface area contributed by atoms with Gasteiger partial charge in [-0.05, 0) is 19.3 Å². The van der Waals surface area contributed by atoms with Gasteiger partial charge in [-0.3, -0.25) is 9.78 Å². The summed E-state index contributed by atoms with van der Waals surface area (Å²) in [7, 11) is 0. The number of fused-ring (bicyclic) bond motifs is 1. The van der Waals surface area contributed by atoms with E-state index in [1.165, 1.54) is 0 Å². The first-order chi connectivity index (χ1) is 9.11. The van der Waals surface area contributed by atoms with Crippen LogP contribution in [0.25, 0.3) is 11.2 Å². The Morgan fingerprint density at radius 2 is 2.26 bits per heavy atom. The summed E-state index contributed by atoms with van der Waals surface area (Å²) < 4.78 is 1.76. The molecule has 0 aliphatic carbocycles. The third-order valence-corrected chi connectivity index (χ3v) is 2.89. The summed E-state index contributed by atoms with van der Waals surface area (Å²) >= 11 is 0. The van der Waals surface area contributed by atoms with Crippen molar-refractivity contribution in [3.63, 3.8) is 0 Å². The number of H-pyrrole nitrogens is 1. The average Bonchev–Trinajstić information content (AvgIpc) is 2.77. The van der Waals surface area contributed by atoms with E-state index >= 15 is 0 Å². The maximum absolute atomic E-state index is 11.6. The first-order valence-electron chi connectivity index (χ1n) is 6.11. The SMILES string of the molecule is Nc1nc2c(ncn2CCCC[C@@H](O)CO)c(=O)[nH]1. The van der Waals surface area contributed by atoms with Crippen molar-refractivity contribution in [2.75, 3.05) is 12.3 Å². The predicted octanol–water partition coefficient (Wildman–Crippen LogP) is -0.775. The zero-order valence-corrected chi connectivity index (χ0v) is 10.4. The van der Waals surface area contributed by atoms with Crippen LogP contribution < -0.4 is 11.3 Å². The number of nitrogens with two attached hydrogens (primary N) is 1. The molecule has 0 amide bonds. The molecule has 8 heteroatoms. The summed E-state index contributed by atoms with van der Waals surface area (Å²) in [4.78, 5) is 22.0. The van der Waals surface area contributed by atoms with Crippen molar-refractivity contribution >= 4 is 17.1 Å². The molecule has 104 valence electrons. The number of hydrogen-bond acceptors (Lipinski definition) is 6. The summed E-state index contributed by atoms with van der Waals surface area (Å²) in [6.07, 6.45) is 2.97. The van der Waals surface area contributed by atoms with E-state index in [0.29, 0.717) is 18.6 Å². The standard InChI is InChI=1S/C11H17N5O3/c12-11-14-9-8(10(19)15-11)13-6-16(9)4-2-1-3-7(18)5-17/h6-7,17-18H,1-5H2,(H3,12,14,15,19)/t7-/m1/s1. The zero-order chi connectivity index (χ0) is 13.8. The highest BCUT2D eigenvalue weighted by Crippen LogP contribution is 2.09. The molecule has 2 rings (SSSR count). The molecule has 2 aromatic rings. The Bertz CT molecular complexity index is 606. The number of aliphatic hydroxyl groups is 2. The Balaban J connectivity index is 2.03. The van der Waals surface area contributed by atoms with Gasteiger partial charge in [0.1, 0.15) is 0 Å². The van der Waals surface area contributed by atoms with Gasteiger partial charge in [0.25, 0.3) is 5.56 Å². The van der Waals surface area contributed by atoms with Gasteiger partial charge >= 0.3 is 0 Å². The van der Waals surface area contributed by atoms with Gasteiger partial charge in [0.05, 0.1) is 19.0 Å². The Morgan fingerprint density at radius 1 is 1.47 bits per heavy atom. The molecule has 19 heavy (non-hydrogen) atoms. The van der Waals surface area contributed by atoms with Crippen LogP contribution in [0, 0.1) is 0 Å². The number of nitrogen functional groups attached to an aromatic ring is 1. The second-order valence-electron chi connectivity index (χ2n) is 4.39. The van der Waals surface area contributed by atoms with Crippen molar-refractivity contribution in [1.29, 1.82) is 0 Å². The molecular formula is C11H17N5O3. The molecular weight excluding hydrogens is 250 g/mol. The fourth-order valence-corrected chi connectivity index (χ4v) is 1.89. The van der Waals surface area contributed by atoms with Crippen LogP contribution in [0.2, 0.25) is 0 Å². The lowest BCUT2D eigenvalue weighted by Gasteiger charge is -2.07. The summed E-state index contributed by atoms with van der Waals surface area (Å²) in [5.41, 5.74) is 5.88. The summed E-state index contributed by atoms with van der Waals surface area (Å²) in [5.74, 6) is 0.0648. The molecule has 0 radical (unpaired) electrons. The maximum atomic E-state index is 11.6. The van der Waals surface area contributed by atoms with E-state index in [9.17, 15) is 9.90 Å². The van der Waals surface area contributed by atoms with Gasteiger partial charge in [-0.1, -0.05) is 0 Å². The molecule has 5 N–H and O–H groups in total. The highest BCUT2D eigenvalue weighted by Gasteiger charge is 2.09. The van der Waals surface area contributed by atoms with E-state index in [1.807, 2.05) is 0 Å². The largest absolute Gasteiger partial charge is 0.394 e. The van der Waals surface area contributed by atoms with Gasteiger partial charge in [0.2, 0.25) is 5.95 Å². The third kappa shape index (κ3) is 3.09. The number of aromatic amines is 1. The van der Waals surface area contributed by atoms with Crippen molar-refractivity contribution in [1.82, 2.24) is 19.5 Å². The zero-order valence-electron chi connectivity index (χ0n) is 10.4. The van der Waals surface area contributed by atoms with Gasteiger partial charge in [0.15, 0.2) is 11.2 Å². The van der Waals surface area contributed by atoms with E-state index < -0.39 is 6.10 Å². The lowest BCUT2D eigenvalue weighted by molar-refractivity contribution is 0.0859. The predicted molar refractivity (Wildman–Crippen MR) is 69.5 cm³/mol. The molecule has 0 aliphatic heterocycles. The Kier molecular flexibility index (Phi) is 4.13. The van der Waals surface area contributed by atoms with Gasteiger partial charge in [-0.2, -0.15) is 4.98 Å². The van der Waals surface area contributed by atoms with E-state index in [4.69, 9.17) is 10.8 Å². The molecule has 0 unspecified atom stereocenters. The van der Waals surface area contributed by atoms with E-state index in [1.54, 1.807) is 10.9 Å². The summed E-state index contributed by atoms with van der Waals surface area (Å²) in [5, 5.41) is 17.9. The van der Waals surface area contributed by atoms with Gasteiger partial charge < -0.3 is 20.5 Å². The molecule has 0 spiro atoms. The van der Waals surface area contributed by atoms with Crippen LogP contribution in [0.5, 0.6) is 0 Å². The number of imidazole rings is 1. The maximum Gasteiger partial charge on any atom is 0.280 e. The molecule has 0 bridgehead atoms. The molecule has 0 aromatic carbocycles. The Labute approximate surface area is 108 Å². The number of nitrogens with one attached hydrogen (secondary N) is 1. The monoisotopic (exact) mass is 267 g/mol. The number of nitrogens with zero attached hydrogens (tertiary/aromatic N) is 3. The minimum Gasteiger partial charge on any atom is -0.394 e. The molecule has 0 saturated heterocycles. The quantitative estimate of drug-likeness (QED) is 0.508. The summed E-state index contributed by atoms with van der Waals surface area (Å²) in [6.45, 7) is 0.409. The number of aliphatic hydroxyl groups excluding tert-OH is 2. The normalized spacial score (nSPS) is 12.9. The number of unbranched alkanes of at least 4 members (excludes halogenated alkanes) is 1. The molecule has 2 heterocycles. The minimum absolute atomic E-state index is 0.0648. The van der Waals surface area contributed by atoms with Crippen LogP contribution >= 0.6 is 0 Å². The number of hydrogen-bond donors (Lipinski definition) is 4. The Morgan fingerprint density at radius 3 is 3.00 bits per heavy atom. The summed E-state index contributed by atoms with van der Waals surface area (Å²) in [6, 6.07) is 0. The number of aryl methyl sites for hydroxylation is 1. The third-order valence-electron chi connectivity index (χ3n) is 2.89. The van der Waals surface area contributed by atoms with Crippen LogP contribution in [0.4, 0.5) is 5.95 Å². The number of anilines is 1. The number of rotatable bonds is 6. The Hall–Kier alpha value is -1.93. The van der Waals surface area contributed by atoms with Crippen molar-refractivity contribution < 1.29 is 10.2 Å². The van der Waals surface area contributed by atoms with E-state index in [0.717, 1.165) is 12.8 Å². The average molecular weight is 267 g/mol. The highest BCUT2D eigenvalue weighted by atomic mass is 16.3. The molecule has 2 aromatic heterocycles. The molecule has 0 fully saturated rings. The minimum atomic E-state index is -0.670. The van der Waals surface area contributed by atoms with Crippen LogP contribution in [0.3, 0.4) is 0 Å². The van der Waals surface area contributed by atoms with Crippen LogP contribution in [0.15, 0.2) is 11.1 Å². The molecule has 0 saturated carbocycles. The van der Waals surface area contributed by atoms with Crippen molar-refractivity contribution in [2.24, 2.45) is 0 Å². The molecule has 0 aliphatic rings. The topological polar surface area (TPSA) is 130 Å². The first-order valence-corrected chi connectivity index (χ1v) is 6.11. The van der Waals surface area contributed by atoms with Crippen molar-refractivity contribution in [3.8, 4) is 0 Å². The molecule has 1 atom stereocenters. The second-order valence-corrected chi connectivity index (χ2v) is 4.39. The first kappa shape index (κ1) is 13.5. The fraction of sp³-hybridized carbons (Fsp3) is 0.545. The van der Waals surface area contributed by atoms with Crippen LogP contribution in [-0.2, 0) is 6.54 Å². The van der Waals surface area contributed by atoms with Crippen LogP contribution in [-0.4, -0.2) is 42.4 Å². The van der Waals surface area contributed by atoms with Gasteiger partial charge in [0, 0.05) is 6.54 Å². The van der Waals surface area contributed by atoms with Gasteiger partial charge in [-0.15, -0.1) is 0 Å².